The van der Waals surface area contributed by atoms with Crippen LogP contribution in [0, 0.1) is 0 Å². The number of benzene rings is 1. The lowest BCUT2D eigenvalue weighted by molar-refractivity contribution is -0.127. The molecule has 1 saturated carbocycles. The Hall–Kier alpha value is -3.48. The second-order valence-electron chi connectivity index (χ2n) is 8.73. The molecule has 3 aromatic rings. The van der Waals surface area contributed by atoms with Crippen molar-refractivity contribution in [1.29, 1.82) is 0 Å². The van der Waals surface area contributed by atoms with Crippen molar-refractivity contribution in [2.24, 2.45) is 0 Å². The average Bonchev–Trinajstić information content (AvgIpc) is 3.56. The second kappa shape index (κ2) is 7.89. The summed E-state index contributed by atoms with van der Waals surface area (Å²) in [6.07, 6.45) is 5.80. The van der Waals surface area contributed by atoms with Crippen LogP contribution >= 0.6 is 0 Å². The first-order valence-electron chi connectivity index (χ1n) is 11.0. The van der Waals surface area contributed by atoms with E-state index in [-0.39, 0.29) is 17.9 Å². The fraction of sp³-hybridized carbons (Fsp3) is 0.360. The van der Waals surface area contributed by atoms with Crippen LogP contribution in [0.5, 0.6) is 5.75 Å². The van der Waals surface area contributed by atoms with Crippen molar-refractivity contribution in [3.8, 4) is 17.2 Å². The zero-order chi connectivity index (χ0) is 22.3. The van der Waals surface area contributed by atoms with Gasteiger partial charge in [-0.3, -0.25) is 14.5 Å². The van der Waals surface area contributed by atoms with Gasteiger partial charge >= 0.3 is 0 Å². The van der Waals surface area contributed by atoms with Crippen LogP contribution in [-0.2, 0) is 11.3 Å². The highest BCUT2D eigenvalue weighted by Crippen LogP contribution is 2.37. The molecule has 32 heavy (non-hydrogen) atoms. The van der Waals surface area contributed by atoms with Crippen LogP contribution in [0.1, 0.15) is 43.1 Å². The molecule has 1 N–H and O–H groups in total. The van der Waals surface area contributed by atoms with Crippen molar-refractivity contribution in [2.75, 3.05) is 12.0 Å². The van der Waals surface area contributed by atoms with Gasteiger partial charge in [0.05, 0.1) is 25.6 Å². The van der Waals surface area contributed by atoms with Crippen molar-refractivity contribution in [2.45, 2.75) is 50.7 Å². The lowest BCUT2D eigenvalue weighted by atomic mass is 9.93. The number of hydrogen-bond acceptors (Lipinski definition) is 4. The molecule has 1 unspecified atom stereocenters. The summed E-state index contributed by atoms with van der Waals surface area (Å²) in [5.41, 5.74) is 0.861. The quantitative estimate of drug-likeness (QED) is 0.653. The van der Waals surface area contributed by atoms with E-state index in [2.05, 4.69) is 5.32 Å². The van der Waals surface area contributed by atoms with Crippen LogP contribution in [0.4, 0.5) is 5.69 Å². The zero-order valence-electron chi connectivity index (χ0n) is 18.3. The summed E-state index contributed by atoms with van der Waals surface area (Å²) in [7, 11) is 1.60. The molecule has 166 valence electrons. The molecule has 1 aliphatic carbocycles. The largest absolute Gasteiger partial charge is 0.497 e. The van der Waals surface area contributed by atoms with E-state index in [4.69, 9.17) is 9.15 Å². The van der Waals surface area contributed by atoms with Gasteiger partial charge in [-0.25, -0.2) is 0 Å². The molecule has 2 amide bonds. The lowest BCUT2D eigenvalue weighted by Gasteiger charge is -2.44. The summed E-state index contributed by atoms with van der Waals surface area (Å²) in [6.45, 7) is 2.16. The molecule has 2 aromatic heterocycles. The average molecular weight is 434 g/mol. The molecule has 7 nitrogen and oxygen atoms in total. The highest BCUT2D eigenvalue weighted by atomic mass is 16.5. The van der Waals surface area contributed by atoms with Gasteiger partial charge in [0.25, 0.3) is 5.91 Å². The Kier molecular flexibility index (Phi) is 5.04. The number of aromatic nitrogens is 1. The Morgan fingerprint density at radius 3 is 2.47 bits per heavy atom. The first-order chi connectivity index (χ1) is 15.5. The SMILES string of the molecule is COc1ccc(N2C(=O)c3ccc(-c4ccco4)n3CC2(C)C(=O)NC2CCCC2)cc1. The number of carbonyl (C=O) groups excluding carboxylic acids is 2. The highest BCUT2D eigenvalue weighted by Gasteiger charge is 2.49. The number of nitrogens with one attached hydrogen (secondary N) is 1. The minimum atomic E-state index is -1.11. The number of fused-ring (bicyclic) bond motifs is 1. The first-order valence-corrected chi connectivity index (χ1v) is 11.0. The maximum Gasteiger partial charge on any atom is 0.275 e. The van der Waals surface area contributed by atoms with E-state index in [1.54, 1.807) is 36.5 Å². The summed E-state index contributed by atoms with van der Waals surface area (Å²) >= 11 is 0. The molecule has 3 heterocycles. The molecule has 0 spiro atoms. The number of rotatable bonds is 5. The van der Waals surface area contributed by atoms with E-state index in [0.29, 0.717) is 29.4 Å². The van der Waals surface area contributed by atoms with Crippen molar-refractivity contribution >= 4 is 17.5 Å². The normalized spacial score (nSPS) is 20.9. The predicted molar refractivity (Wildman–Crippen MR) is 121 cm³/mol. The van der Waals surface area contributed by atoms with Crippen molar-refractivity contribution in [1.82, 2.24) is 9.88 Å². The van der Waals surface area contributed by atoms with E-state index in [0.717, 1.165) is 31.4 Å². The van der Waals surface area contributed by atoms with Gasteiger partial charge in [0, 0.05) is 11.7 Å². The predicted octanol–water partition coefficient (Wildman–Crippen LogP) is 4.23. The van der Waals surface area contributed by atoms with E-state index in [1.807, 2.05) is 41.8 Å². The van der Waals surface area contributed by atoms with Gasteiger partial charge < -0.3 is 19.0 Å². The van der Waals surface area contributed by atoms with E-state index in [9.17, 15) is 9.59 Å². The summed E-state index contributed by atoms with van der Waals surface area (Å²) in [4.78, 5) is 29.1. The Bertz CT molecular complexity index is 1130. The van der Waals surface area contributed by atoms with Crippen LogP contribution in [0.25, 0.3) is 11.5 Å². The molecule has 5 rings (SSSR count). The molecule has 1 fully saturated rings. The zero-order valence-corrected chi connectivity index (χ0v) is 18.3. The smallest absolute Gasteiger partial charge is 0.275 e. The molecule has 7 heteroatoms. The molecule has 0 bridgehead atoms. The van der Waals surface area contributed by atoms with Gasteiger partial charge in [-0.2, -0.15) is 0 Å². The highest BCUT2D eigenvalue weighted by molar-refractivity contribution is 6.12. The molecule has 0 radical (unpaired) electrons. The molecule has 1 aromatic carbocycles. The number of amides is 2. The number of carbonyl (C=O) groups is 2. The van der Waals surface area contributed by atoms with Crippen LogP contribution < -0.4 is 15.0 Å². The Balaban J connectivity index is 1.59. The summed E-state index contributed by atoms with van der Waals surface area (Å²) in [5.74, 6) is 1.00. The lowest BCUT2D eigenvalue weighted by Crippen LogP contribution is -2.65. The van der Waals surface area contributed by atoms with Crippen LogP contribution in [-0.4, -0.2) is 35.1 Å². The van der Waals surface area contributed by atoms with E-state index in [1.165, 1.54) is 0 Å². The molecule has 1 aliphatic heterocycles. The Morgan fingerprint density at radius 2 is 1.81 bits per heavy atom. The number of nitrogens with zero attached hydrogens (tertiary/aromatic N) is 2. The minimum absolute atomic E-state index is 0.140. The number of furan rings is 1. The number of methoxy groups -OCH3 is 1. The van der Waals surface area contributed by atoms with Crippen molar-refractivity contribution in [3.63, 3.8) is 0 Å². The van der Waals surface area contributed by atoms with Crippen LogP contribution in [0.3, 0.4) is 0 Å². The standard InChI is InChI=1S/C25H27N3O4/c1-25(24(30)26-17-6-3-4-7-17)16-27-20(22-8-5-15-32-22)13-14-21(27)23(29)28(25)18-9-11-19(31-2)12-10-18/h5,8-15,17H,3-4,6-7,16H2,1-2H3,(H,26,30). The third kappa shape index (κ3) is 3.28. The first kappa shape index (κ1) is 20.4. The maximum atomic E-state index is 13.8. The van der Waals surface area contributed by atoms with Crippen molar-refractivity contribution in [3.05, 3.63) is 60.5 Å². The summed E-state index contributed by atoms with van der Waals surface area (Å²) < 4.78 is 12.8. The third-order valence-corrected chi connectivity index (χ3v) is 6.65. The van der Waals surface area contributed by atoms with Gasteiger partial charge in [-0.05, 0) is 68.3 Å². The topological polar surface area (TPSA) is 76.7 Å². The Morgan fingerprint density at radius 1 is 1.09 bits per heavy atom. The molecular formula is C25H27N3O4. The fourth-order valence-corrected chi connectivity index (χ4v) is 4.90. The number of hydrogen-bond donors (Lipinski definition) is 1. The molecule has 0 saturated heterocycles. The van der Waals surface area contributed by atoms with Crippen molar-refractivity contribution < 1.29 is 18.7 Å². The fourth-order valence-electron chi connectivity index (χ4n) is 4.90. The summed E-state index contributed by atoms with van der Waals surface area (Å²) in [6, 6.07) is 14.8. The molecular weight excluding hydrogens is 406 g/mol. The van der Waals surface area contributed by atoms with Crippen LogP contribution in [0.2, 0.25) is 0 Å². The van der Waals surface area contributed by atoms with Gasteiger partial charge in [-0.1, -0.05) is 12.8 Å². The van der Waals surface area contributed by atoms with Gasteiger partial charge in [-0.15, -0.1) is 0 Å². The second-order valence-corrected chi connectivity index (χ2v) is 8.73. The van der Waals surface area contributed by atoms with Gasteiger partial charge in [0.1, 0.15) is 22.7 Å². The maximum absolute atomic E-state index is 13.8. The Labute approximate surface area is 187 Å². The van der Waals surface area contributed by atoms with E-state index >= 15 is 0 Å². The molecule has 1 atom stereocenters. The minimum Gasteiger partial charge on any atom is -0.497 e. The summed E-state index contributed by atoms with van der Waals surface area (Å²) in [5, 5.41) is 3.21. The molecule has 2 aliphatic rings. The third-order valence-electron chi connectivity index (χ3n) is 6.65. The monoisotopic (exact) mass is 433 g/mol. The number of anilines is 1. The van der Waals surface area contributed by atoms with Crippen LogP contribution in [0.15, 0.2) is 59.2 Å². The van der Waals surface area contributed by atoms with E-state index < -0.39 is 5.54 Å². The number of ether oxygens (including phenoxy) is 1. The van der Waals surface area contributed by atoms with Gasteiger partial charge in [0.2, 0.25) is 5.91 Å². The van der Waals surface area contributed by atoms with Gasteiger partial charge in [0.15, 0.2) is 0 Å².